The second kappa shape index (κ2) is 8.39. The van der Waals surface area contributed by atoms with E-state index in [-0.39, 0.29) is 27.9 Å². The number of rotatable bonds is 6. The van der Waals surface area contributed by atoms with Gasteiger partial charge in [-0.1, -0.05) is 11.8 Å². The number of hydrogen-bond acceptors (Lipinski definition) is 9. The number of ether oxygens (including phenoxy) is 1. The van der Waals surface area contributed by atoms with E-state index in [4.69, 9.17) is 4.74 Å². The zero-order valence-electron chi connectivity index (χ0n) is 15.0. The van der Waals surface area contributed by atoms with Crippen LogP contribution in [-0.2, 0) is 9.53 Å². The molecule has 0 aliphatic carbocycles. The van der Waals surface area contributed by atoms with E-state index in [1.54, 1.807) is 0 Å². The molecule has 160 valence electrons. The lowest BCUT2D eigenvalue weighted by atomic mass is 10.1. The van der Waals surface area contributed by atoms with Gasteiger partial charge in [-0.2, -0.15) is 13.2 Å². The number of alkyl halides is 3. The predicted octanol–water partition coefficient (Wildman–Crippen LogP) is 0.441. The summed E-state index contributed by atoms with van der Waals surface area (Å²) in [5, 5.41) is 31.8. The lowest BCUT2D eigenvalue weighted by Gasteiger charge is -2.17. The highest BCUT2D eigenvalue weighted by atomic mass is 32.2. The second-order valence-corrected chi connectivity index (χ2v) is 7.36. The van der Waals surface area contributed by atoms with Crippen LogP contribution in [-0.4, -0.2) is 77.6 Å². The van der Waals surface area contributed by atoms with Crippen molar-refractivity contribution in [3.63, 3.8) is 0 Å². The Morgan fingerprint density at radius 3 is 2.66 bits per heavy atom. The Labute approximate surface area is 166 Å². The number of hydrogen-bond donors (Lipinski definition) is 4. The third-order valence-corrected chi connectivity index (χ3v) is 4.95. The first kappa shape index (κ1) is 21.7. The number of halogens is 3. The normalized spacial score (nSPS) is 24.9. The molecule has 0 spiro atoms. The van der Waals surface area contributed by atoms with Gasteiger partial charge in [0.2, 0.25) is 5.91 Å². The molecule has 1 saturated heterocycles. The average Bonchev–Trinajstić information content (AvgIpc) is 3.15. The number of fused-ring (bicyclic) bond motifs is 1. The first-order chi connectivity index (χ1) is 13.6. The molecule has 0 bridgehead atoms. The Bertz CT molecular complexity index is 895. The molecule has 4 N–H and O–H groups in total. The molecule has 1 amide bonds. The summed E-state index contributed by atoms with van der Waals surface area (Å²) < 4.78 is 44.0. The molecule has 0 radical (unpaired) electrons. The standard InChI is InChI=1S/C15H18F3N5O5S/c1-6(25)20-11-8-12(22-14(21-11)29-3-2-15(16,17)18)23(5-19-8)13-10(27)9(26)7(4-24)28-13/h5,7,9-10,13,24,26-27H,2-4H2,1H3,(H,20,21,22,25)/t7-,9-,10-,13-/m1/s1. The van der Waals surface area contributed by atoms with Crippen LogP contribution in [0.25, 0.3) is 11.2 Å². The molecule has 2 aromatic heterocycles. The van der Waals surface area contributed by atoms with Gasteiger partial charge in [-0.3, -0.25) is 9.36 Å². The first-order valence-corrected chi connectivity index (χ1v) is 9.43. The Kier molecular flexibility index (Phi) is 6.28. The summed E-state index contributed by atoms with van der Waals surface area (Å²) in [7, 11) is 0. The third kappa shape index (κ3) is 4.78. The first-order valence-electron chi connectivity index (χ1n) is 8.45. The maximum atomic E-state index is 12.4. The summed E-state index contributed by atoms with van der Waals surface area (Å²) >= 11 is 0.737. The van der Waals surface area contributed by atoms with Gasteiger partial charge in [-0.05, 0) is 0 Å². The molecular weight excluding hydrogens is 419 g/mol. The van der Waals surface area contributed by atoms with Crippen LogP contribution in [0.1, 0.15) is 19.6 Å². The molecule has 0 saturated carbocycles. The molecule has 3 rings (SSSR count). The van der Waals surface area contributed by atoms with E-state index in [0.29, 0.717) is 0 Å². The summed E-state index contributed by atoms with van der Waals surface area (Å²) in [6, 6.07) is 0. The van der Waals surface area contributed by atoms with Gasteiger partial charge in [0.1, 0.15) is 18.3 Å². The SMILES string of the molecule is CC(=O)Nc1nc(SCCC(F)(F)F)nc2c1ncn2[C@@H]1O[C@H](CO)[C@@H](O)[C@H]1O. The van der Waals surface area contributed by atoms with Crippen molar-refractivity contribution in [2.45, 2.75) is 49.2 Å². The molecule has 4 atom stereocenters. The molecule has 1 aliphatic heterocycles. The van der Waals surface area contributed by atoms with Crippen molar-refractivity contribution in [3.8, 4) is 0 Å². The van der Waals surface area contributed by atoms with Gasteiger partial charge >= 0.3 is 6.18 Å². The minimum atomic E-state index is -4.34. The molecule has 1 aliphatic rings. The Morgan fingerprint density at radius 2 is 2.07 bits per heavy atom. The summed E-state index contributed by atoms with van der Waals surface area (Å²) in [6.07, 6.45) is -9.12. The molecule has 10 nitrogen and oxygen atoms in total. The van der Waals surface area contributed by atoms with Crippen LogP contribution in [0, 0.1) is 0 Å². The van der Waals surface area contributed by atoms with Gasteiger partial charge in [0.05, 0.1) is 19.4 Å². The number of nitrogens with one attached hydrogen (secondary N) is 1. The highest BCUT2D eigenvalue weighted by Gasteiger charge is 2.44. The van der Waals surface area contributed by atoms with Crippen molar-refractivity contribution >= 4 is 34.7 Å². The third-order valence-electron chi connectivity index (χ3n) is 4.10. The topological polar surface area (TPSA) is 143 Å². The number of thioether (sulfide) groups is 1. The number of anilines is 1. The van der Waals surface area contributed by atoms with Crippen LogP contribution in [0.3, 0.4) is 0 Å². The van der Waals surface area contributed by atoms with Gasteiger partial charge in [-0.25, -0.2) is 15.0 Å². The van der Waals surface area contributed by atoms with Crippen molar-refractivity contribution < 1.29 is 38.0 Å². The van der Waals surface area contributed by atoms with Crippen molar-refractivity contribution in [2.24, 2.45) is 0 Å². The van der Waals surface area contributed by atoms with Gasteiger partial charge in [0.25, 0.3) is 0 Å². The van der Waals surface area contributed by atoms with Gasteiger partial charge < -0.3 is 25.4 Å². The number of aromatic nitrogens is 4. The van der Waals surface area contributed by atoms with Crippen LogP contribution < -0.4 is 5.32 Å². The van der Waals surface area contributed by atoms with E-state index < -0.39 is 49.7 Å². The van der Waals surface area contributed by atoms with Crippen molar-refractivity contribution in [2.75, 3.05) is 17.7 Å². The highest BCUT2D eigenvalue weighted by molar-refractivity contribution is 7.99. The van der Waals surface area contributed by atoms with E-state index in [1.807, 2.05) is 0 Å². The molecule has 14 heteroatoms. The lowest BCUT2D eigenvalue weighted by Crippen LogP contribution is -2.33. The van der Waals surface area contributed by atoms with Gasteiger partial charge in [-0.15, -0.1) is 0 Å². The second-order valence-electron chi connectivity index (χ2n) is 6.30. The highest BCUT2D eigenvalue weighted by Crippen LogP contribution is 2.33. The number of imidazole rings is 1. The van der Waals surface area contributed by atoms with Gasteiger partial charge in [0, 0.05) is 12.7 Å². The number of aliphatic hydroxyl groups excluding tert-OH is 3. The summed E-state index contributed by atoms with van der Waals surface area (Å²) in [5.74, 6) is -0.822. The fraction of sp³-hybridized carbons (Fsp3) is 0.600. The van der Waals surface area contributed by atoms with E-state index >= 15 is 0 Å². The Balaban J connectivity index is 1.97. The molecule has 29 heavy (non-hydrogen) atoms. The minimum absolute atomic E-state index is 0.0116. The Morgan fingerprint density at radius 1 is 1.34 bits per heavy atom. The van der Waals surface area contributed by atoms with E-state index in [0.717, 1.165) is 11.8 Å². The molecule has 3 heterocycles. The zero-order chi connectivity index (χ0) is 21.3. The summed E-state index contributed by atoms with van der Waals surface area (Å²) in [5.41, 5.74) is 0.200. The van der Waals surface area contributed by atoms with Crippen molar-refractivity contribution in [1.29, 1.82) is 0 Å². The van der Waals surface area contributed by atoms with Crippen LogP contribution in [0.15, 0.2) is 11.5 Å². The van der Waals surface area contributed by atoms with Crippen LogP contribution in [0.2, 0.25) is 0 Å². The van der Waals surface area contributed by atoms with Crippen LogP contribution >= 0.6 is 11.8 Å². The number of nitrogens with zero attached hydrogens (tertiary/aromatic N) is 4. The lowest BCUT2D eigenvalue weighted by molar-refractivity contribution is -0.129. The zero-order valence-corrected chi connectivity index (χ0v) is 15.8. The average molecular weight is 437 g/mol. The Hall–Kier alpha value is -2.00. The predicted molar refractivity (Wildman–Crippen MR) is 94.0 cm³/mol. The fourth-order valence-corrected chi connectivity index (χ4v) is 3.59. The monoisotopic (exact) mass is 437 g/mol. The van der Waals surface area contributed by atoms with E-state index in [9.17, 15) is 33.3 Å². The minimum Gasteiger partial charge on any atom is -0.394 e. The van der Waals surface area contributed by atoms with Crippen LogP contribution in [0.4, 0.5) is 19.0 Å². The summed E-state index contributed by atoms with van der Waals surface area (Å²) in [6.45, 7) is 0.694. The smallest absolute Gasteiger partial charge is 0.389 e. The number of aliphatic hydroxyl groups is 3. The molecule has 1 fully saturated rings. The number of carbonyl (C=O) groups is 1. The molecule has 0 unspecified atom stereocenters. The molecular formula is C15H18F3N5O5S. The number of carbonyl (C=O) groups excluding carboxylic acids is 1. The fourth-order valence-electron chi connectivity index (χ4n) is 2.77. The molecule has 2 aromatic rings. The largest absolute Gasteiger partial charge is 0.394 e. The van der Waals surface area contributed by atoms with E-state index in [1.165, 1.54) is 17.8 Å². The van der Waals surface area contributed by atoms with Crippen LogP contribution in [0.5, 0.6) is 0 Å². The van der Waals surface area contributed by atoms with Gasteiger partial charge in [0.15, 0.2) is 28.4 Å². The van der Waals surface area contributed by atoms with E-state index in [2.05, 4.69) is 20.3 Å². The maximum Gasteiger partial charge on any atom is 0.389 e. The van der Waals surface area contributed by atoms with Crippen molar-refractivity contribution in [1.82, 2.24) is 19.5 Å². The quantitative estimate of drug-likeness (QED) is 0.374. The summed E-state index contributed by atoms with van der Waals surface area (Å²) in [4.78, 5) is 23.8. The van der Waals surface area contributed by atoms with Crippen molar-refractivity contribution in [3.05, 3.63) is 6.33 Å². The maximum absolute atomic E-state index is 12.4. The number of amides is 1. The molecule has 0 aromatic carbocycles.